The van der Waals surface area contributed by atoms with Gasteiger partial charge in [-0.3, -0.25) is 9.48 Å². The Morgan fingerprint density at radius 2 is 2.04 bits per heavy atom. The van der Waals surface area contributed by atoms with Crippen LogP contribution in [-0.2, 0) is 21.7 Å². The summed E-state index contributed by atoms with van der Waals surface area (Å²) in [6.07, 6.45) is 2.50. The van der Waals surface area contributed by atoms with Crippen molar-refractivity contribution in [3.63, 3.8) is 0 Å². The normalized spacial score (nSPS) is 25.0. The maximum Gasteiger partial charge on any atom is 0.235 e. The smallest absolute Gasteiger partial charge is 0.235 e. The quantitative estimate of drug-likeness (QED) is 0.825. The second kappa shape index (κ2) is 6.12. The highest BCUT2D eigenvalue weighted by atomic mass is 32.2. The zero-order chi connectivity index (χ0) is 18.6. The van der Waals surface area contributed by atoms with Gasteiger partial charge >= 0.3 is 0 Å². The van der Waals surface area contributed by atoms with Gasteiger partial charge in [0.05, 0.1) is 39.9 Å². The van der Waals surface area contributed by atoms with Gasteiger partial charge in [0.25, 0.3) is 0 Å². The predicted molar refractivity (Wildman–Crippen MR) is 100 cm³/mol. The number of hydrogen-bond donors (Lipinski definition) is 1. The molecule has 0 saturated carbocycles. The van der Waals surface area contributed by atoms with Crippen LogP contribution in [0.25, 0.3) is 0 Å². The van der Waals surface area contributed by atoms with Gasteiger partial charge in [0.15, 0.2) is 9.84 Å². The Kier molecular flexibility index (Phi) is 4.14. The van der Waals surface area contributed by atoms with Gasteiger partial charge in [0.1, 0.15) is 5.82 Å². The van der Waals surface area contributed by atoms with Crippen molar-refractivity contribution in [2.45, 2.75) is 31.6 Å². The van der Waals surface area contributed by atoms with Crippen LogP contribution >= 0.6 is 11.8 Å². The van der Waals surface area contributed by atoms with E-state index in [-0.39, 0.29) is 28.7 Å². The Labute approximate surface area is 156 Å². The molecule has 1 fully saturated rings. The fourth-order valence-corrected chi connectivity index (χ4v) is 6.70. The molecule has 2 aromatic heterocycles. The fourth-order valence-electron chi connectivity index (χ4n) is 3.76. The van der Waals surface area contributed by atoms with Gasteiger partial charge in [0, 0.05) is 24.4 Å². The number of aromatic nitrogens is 4. The number of sulfone groups is 1. The molecule has 0 spiro atoms. The number of rotatable bonds is 2. The highest BCUT2D eigenvalue weighted by molar-refractivity contribution is 8.00. The van der Waals surface area contributed by atoms with Crippen LogP contribution in [0.15, 0.2) is 6.20 Å². The minimum Gasteiger partial charge on any atom is -0.310 e. The van der Waals surface area contributed by atoms with E-state index >= 15 is 0 Å². The summed E-state index contributed by atoms with van der Waals surface area (Å²) in [5.74, 6) is 1.10. The Morgan fingerprint density at radius 3 is 2.65 bits per heavy atom. The largest absolute Gasteiger partial charge is 0.310 e. The zero-order valence-electron chi connectivity index (χ0n) is 14.9. The van der Waals surface area contributed by atoms with Gasteiger partial charge in [0.2, 0.25) is 5.91 Å². The summed E-state index contributed by atoms with van der Waals surface area (Å²) in [6, 6.07) is -0.235. The summed E-state index contributed by atoms with van der Waals surface area (Å²) >= 11 is 1.55. The summed E-state index contributed by atoms with van der Waals surface area (Å²) < 4.78 is 27.3. The molecule has 10 heteroatoms. The molecule has 140 valence electrons. The third-order valence-electron chi connectivity index (χ3n) is 4.92. The van der Waals surface area contributed by atoms with E-state index < -0.39 is 9.84 Å². The summed E-state index contributed by atoms with van der Waals surface area (Å²) in [6.45, 7) is 3.87. The SMILES string of the molecule is Cc1nn(C)cc1[C@@H]1SCC(=O)Nc2c1c(C)nn2[C@@H]1CCS(=O)(=O)C1. The van der Waals surface area contributed by atoms with Crippen LogP contribution in [0.3, 0.4) is 0 Å². The highest BCUT2D eigenvalue weighted by Crippen LogP contribution is 2.45. The van der Waals surface area contributed by atoms with Gasteiger partial charge in [-0.1, -0.05) is 0 Å². The number of nitrogens with zero attached hydrogens (tertiary/aromatic N) is 4. The Balaban J connectivity index is 1.84. The number of amides is 1. The summed E-state index contributed by atoms with van der Waals surface area (Å²) in [5.41, 5.74) is 3.73. The predicted octanol–water partition coefficient (Wildman–Crippen LogP) is 1.37. The number of fused-ring (bicyclic) bond motifs is 1. The van der Waals surface area contributed by atoms with Crippen LogP contribution in [0.4, 0.5) is 5.82 Å². The first-order valence-corrected chi connectivity index (χ1v) is 11.3. The minimum atomic E-state index is -3.04. The number of thioether (sulfide) groups is 1. The van der Waals surface area contributed by atoms with Gasteiger partial charge in [-0.15, -0.1) is 11.8 Å². The molecule has 2 atom stereocenters. The first-order valence-electron chi connectivity index (χ1n) is 8.46. The van der Waals surface area contributed by atoms with E-state index in [0.29, 0.717) is 18.0 Å². The van der Waals surface area contributed by atoms with E-state index in [2.05, 4.69) is 15.5 Å². The maximum atomic E-state index is 12.3. The lowest BCUT2D eigenvalue weighted by atomic mass is 10.0. The van der Waals surface area contributed by atoms with Crippen molar-refractivity contribution in [3.05, 3.63) is 28.7 Å². The molecule has 0 unspecified atom stereocenters. The van der Waals surface area contributed by atoms with Crippen LogP contribution in [0.5, 0.6) is 0 Å². The van der Waals surface area contributed by atoms with Gasteiger partial charge in [-0.05, 0) is 20.3 Å². The van der Waals surface area contributed by atoms with Crippen LogP contribution in [0.1, 0.15) is 40.2 Å². The molecule has 1 saturated heterocycles. The molecule has 0 aliphatic carbocycles. The lowest BCUT2D eigenvalue weighted by Crippen LogP contribution is -2.20. The van der Waals surface area contributed by atoms with E-state index in [0.717, 1.165) is 22.5 Å². The van der Waals surface area contributed by atoms with Crippen LogP contribution < -0.4 is 5.32 Å². The molecule has 8 nitrogen and oxygen atoms in total. The molecule has 0 aromatic carbocycles. The maximum absolute atomic E-state index is 12.3. The third-order valence-corrected chi connectivity index (χ3v) is 7.92. The second-order valence-corrected chi connectivity index (χ2v) is 10.3. The number of carbonyl (C=O) groups excluding carboxylic acids is 1. The lowest BCUT2D eigenvalue weighted by Gasteiger charge is -2.16. The molecule has 0 radical (unpaired) electrons. The van der Waals surface area contributed by atoms with Gasteiger partial charge < -0.3 is 5.32 Å². The van der Waals surface area contributed by atoms with E-state index in [4.69, 9.17) is 0 Å². The van der Waals surface area contributed by atoms with E-state index in [1.807, 2.05) is 27.1 Å². The van der Waals surface area contributed by atoms with Gasteiger partial charge in [-0.2, -0.15) is 10.2 Å². The first kappa shape index (κ1) is 17.6. The Morgan fingerprint density at radius 1 is 1.27 bits per heavy atom. The lowest BCUT2D eigenvalue weighted by molar-refractivity contribution is -0.113. The fraction of sp³-hybridized carbons (Fsp3) is 0.562. The molecule has 4 rings (SSSR count). The minimum absolute atomic E-state index is 0.0654. The van der Waals surface area contributed by atoms with E-state index in [1.165, 1.54) is 0 Å². The van der Waals surface area contributed by atoms with Crippen LogP contribution in [0.2, 0.25) is 0 Å². The zero-order valence-corrected chi connectivity index (χ0v) is 16.5. The highest BCUT2D eigenvalue weighted by Gasteiger charge is 2.36. The average Bonchev–Trinajstić information content (AvgIpc) is 3.13. The topological polar surface area (TPSA) is 98.9 Å². The van der Waals surface area contributed by atoms with Crippen molar-refractivity contribution in [3.8, 4) is 0 Å². The van der Waals surface area contributed by atoms with Gasteiger partial charge in [-0.25, -0.2) is 13.1 Å². The van der Waals surface area contributed by atoms with Crippen molar-refractivity contribution in [2.24, 2.45) is 7.05 Å². The monoisotopic (exact) mass is 395 g/mol. The van der Waals surface area contributed by atoms with Crippen molar-refractivity contribution in [1.29, 1.82) is 0 Å². The number of nitrogens with one attached hydrogen (secondary N) is 1. The number of carbonyl (C=O) groups is 1. The van der Waals surface area contributed by atoms with Crippen molar-refractivity contribution in [2.75, 3.05) is 22.6 Å². The standard InChI is InChI=1S/C16H21N5O3S2/c1-9-12(6-20(3)18-9)15-14-10(2)19-21(11-4-5-26(23,24)8-11)16(14)17-13(22)7-25-15/h6,11,15H,4-5,7-8H2,1-3H3,(H,17,22)/t11-,15+/m1/s1. The summed E-state index contributed by atoms with van der Waals surface area (Å²) in [7, 11) is -1.17. The Bertz CT molecular complexity index is 992. The molecule has 2 aliphatic rings. The van der Waals surface area contributed by atoms with Crippen LogP contribution in [0, 0.1) is 13.8 Å². The average molecular weight is 396 g/mol. The van der Waals surface area contributed by atoms with E-state index in [1.54, 1.807) is 21.1 Å². The first-order chi connectivity index (χ1) is 12.2. The second-order valence-electron chi connectivity index (χ2n) is 6.93. The van der Waals surface area contributed by atoms with Crippen LogP contribution in [-0.4, -0.2) is 51.1 Å². The number of hydrogen-bond acceptors (Lipinski definition) is 6. The van der Waals surface area contributed by atoms with Crippen molar-refractivity contribution >= 4 is 33.3 Å². The molecular weight excluding hydrogens is 374 g/mol. The van der Waals surface area contributed by atoms with Crippen molar-refractivity contribution in [1.82, 2.24) is 19.6 Å². The molecule has 4 heterocycles. The van der Waals surface area contributed by atoms with Crippen molar-refractivity contribution < 1.29 is 13.2 Å². The molecule has 1 N–H and O–H groups in total. The number of aryl methyl sites for hydroxylation is 3. The number of anilines is 1. The molecule has 2 aliphatic heterocycles. The molecule has 0 bridgehead atoms. The molecular formula is C16H21N5O3S2. The Hall–Kier alpha value is -1.81. The third kappa shape index (κ3) is 2.94. The summed E-state index contributed by atoms with van der Waals surface area (Å²) in [5, 5.41) is 12.0. The molecule has 26 heavy (non-hydrogen) atoms. The van der Waals surface area contributed by atoms with E-state index in [9.17, 15) is 13.2 Å². The molecule has 2 aromatic rings. The summed E-state index contributed by atoms with van der Waals surface area (Å²) in [4.78, 5) is 12.3. The molecule has 1 amide bonds.